The summed E-state index contributed by atoms with van der Waals surface area (Å²) in [4.78, 5) is 0. The number of hydrogen-bond acceptors (Lipinski definition) is 3. The molecule has 1 aliphatic rings. The minimum absolute atomic E-state index is 0.102. The normalized spacial score (nSPS) is 14.5. The lowest BCUT2D eigenvalue weighted by molar-refractivity contribution is 0.232. The van der Waals surface area contributed by atoms with E-state index in [1.807, 2.05) is 0 Å². The van der Waals surface area contributed by atoms with Crippen molar-refractivity contribution in [3.8, 4) is 17.2 Å². The minimum Gasteiger partial charge on any atom is -0.502 e. The van der Waals surface area contributed by atoms with Gasteiger partial charge in [-0.2, -0.15) is 0 Å². The maximum atomic E-state index is 9.38. The Bertz CT molecular complexity index is 246. The first-order valence-electron chi connectivity index (χ1n) is 3.45. The summed E-state index contributed by atoms with van der Waals surface area (Å²) in [5.74, 6) is 1.10. The molecule has 1 heterocycles. The molecule has 11 heavy (non-hydrogen) atoms. The number of fused-ring (bicyclic) bond motifs is 2. The van der Waals surface area contributed by atoms with Gasteiger partial charge in [0, 0.05) is 0 Å². The topological polar surface area (TPSA) is 38.7 Å². The van der Waals surface area contributed by atoms with E-state index in [1.165, 1.54) is 0 Å². The molecular weight excluding hydrogens is 144 g/mol. The number of para-hydroxylation sites is 1. The van der Waals surface area contributed by atoms with Crippen molar-refractivity contribution < 1.29 is 14.6 Å². The van der Waals surface area contributed by atoms with Crippen LogP contribution in [-0.2, 0) is 0 Å². The van der Waals surface area contributed by atoms with Crippen LogP contribution in [0.4, 0.5) is 0 Å². The quantitative estimate of drug-likeness (QED) is 0.606. The third-order valence-electron chi connectivity index (χ3n) is 1.56. The second-order valence-corrected chi connectivity index (χ2v) is 2.30. The molecule has 1 aromatic rings. The van der Waals surface area contributed by atoms with Crippen LogP contribution in [0.1, 0.15) is 0 Å². The van der Waals surface area contributed by atoms with Crippen molar-refractivity contribution in [2.45, 2.75) is 0 Å². The predicted octanol–water partition coefficient (Wildman–Crippen LogP) is 1.16. The minimum atomic E-state index is 0.102. The van der Waals surface area contributed by atoms with E-state index in [1.54, 1.807) is 18.2 Å². The molecule has 1 aromatic carbocycles. The summed E-state index contributed by atoms with van der Waals surface area (Å²) in [7, 11) is 0. The number of phenols is 1. The lowest BCUT2D eigenvalue weighted by atomic mass is 10.3. The van der Waals surface area contributed by atoms with Crippen molar-refractivity contribution in [3.05, 3.63) is 18.2 Å². The molecule has 0 spiro atoms. The highest BCUT2D eigenvalue weighted by Crippen LogP contribution is 2.36. The van der Waals surface area contributed by atoms with Gasteiger partial charge in [-0.05, 0) is 12.1 Å². The second-order valence-electron chi connectivity index (χ2n) is 2.30. The summed E-state index contributed by atoms with van der Waals surface area (Å²) in [5, 5.41) is 9.38. The molecule has 0 saturated carbocycles. The molecule has 0 aromatic heterocycles. The number of rotatable bonds is 0. The Morgan fingerprint density at radius 3 is 2.18 bits per heavy atom. The molecule has 0 amide bonds. The summed E-state index contributed by atoms with van der Waals surface area (Å²) in [6.45, 7) is 0.974. The Morgan fingerprint density at radius 1 is 1.09 bits per heavy atom. The van der Waals surface area contributed by atoms with E-state index in [2.05, 4.69) is 0 Å². The summed E-state index contributed by atoms with van der Waals surface area (Å²) in [5.41, 5.74) is 0. The van der Waals surface area contributed by atoms with Gasteiger partial charge in [-0.3, -0.25) is 0 Å². The molecule has 58 valence electrons. The molecule has 0 unspecified atom stereocenters. The van der Waals surface area contributed by atoms with Gasteiger partial charge in [0.2, 0.25) is 5.75 Å². The van der Waals surface area contributed by atoms with Crippen molar-refractivity contribution in [1.82, 2.24) is 0 Å². The van der Waals surface area contributed by atoms with E-state index in [-0.39, 0.29) is 5.75 Å². The van der Waals surface area contributed by atoms with E-state index >= 15 is 0 Å². The Kier molecular flexibility index (Phi) is 1.35. The van der Waals surface area contributed by atoms with Crippen molar-refractivity contribution in [2.75, 3.05) is 13.2 Å². The maximum Gasteiger partial charge on any atom is 0.200 e. The van der Waals surface area contributed by atoms with E-state index in [9.17, 15) is 5.11 Å². The molecule has 2 bridgehead atoms. The van der Waals surface area contributed by atoms with E-state index in [4.69, 9.17) is 9.47 Å². The molecule has 0 atom stereocenters. The Morgan fingerprint density at radius 2 is 1.64 bits per heavy atom. The molecule has 0 radical (unpaired) electrons. The van der Waals surface area contributed by atoms with Crippen LogP contribution in [0, 0.1) is 0 Å². The Balaban J connectivity index is 2.52. The van der Waals surface area contributed by atoms with Crippen molar-refractivity contribution in [3.63, 3.8) is 0 Å². The van der Waals surface area contributed by atoms with Crippen LogP contribution >= 0.6 is 0 Å². The molecule has 3 nitrogen and oxygen atoms in total. The van der Waals surface area contributed by atoms with Crippen molar-refractivity contribution in [1.29, 1.82) is 0 Å². The van der Waals surface area contributed by atoms with Crippen molar-refractivity contribution in [2.24, 2.45) is 0 Å². The predicted molar refractivity (Wildman–Crippen MR) is 39.1 cm³/mol. The van der Waals surface area contributed by atoms with Gasteiger partial charge in [-0.15, -0.1) is 0 Å². The van der Waals surface area contributed by atoms with E-state index in [0.29, 0.717) is 24.7 Å². The van der Waals surface area contributed by atoms with Crippen molar-refractivity contribution >= 4 is 0 Å². The average Bonchev–Trinajstić information content (AvgIpc) is 2.17. The van der Waals surface area contributed by atoms with Crippen LogP contribution in [-0.4, -0.2) is 18.3 Å². The molecule has 1 N–H and O–H groups in total. The molecular formula is C8H8O3. The van der Waals surface area contributed by atoms with Crippen LogP contribution in [0.3, 0.4) is 0 Å². The first-order chi connectivity index (χ1) is 5.38. The molecule has 3 heteroatoms. The summed E-state index contributed by atoms with van der Waals surface area (Å²) < 4.78 is 10.3. The molecule has 1 aliphatic heterocycles. The third kappa shape index (κ3) is 0.981. The molecule has 0 saturated heterocycles. The highest BCUT2D eigenvalue weighted by molar-refractivity contribution is 5.50. The lowest BCUT2D eigenvalue weighted by Gasteiger charge is -2.02. The Labute approximate surface area is 64.2 Å². The fourth-order valence-corrected chi connectivity index (χ4v) is 1.04. The highest BCUT2D eigenvalue weighted by atomic mass is 16.5. The molecule has 0 fully saturated rings. The lowest BCUT2D eigenvalue weighted by Crippen LogP contribution is -2.04. The van der Waals surface area contributed by atoms with Crippen LogP contribution in [0.2, 0.25) is 0 Å². The number of phenolic OH excluding ortho intramolecular Hbond substituents is 1. The van der Waals surface area contributed by atoms with Gasteiger partial charge < -0.3 is 14.6 Å². The second kappa shape index (κ2) is 2.34. The van der Waals surface area contributed by atoms with Crippen LogP contribution in [0.25, 0.3) is 0 Å². The number of ether oxygens (including phenoxy) is 2. The van der Waals surface area contributed by atoms with E-state index < -0.39 is 0 Å². The summed E-state index contributed by atoms with van der Waals surface area (Å²) in [6, 6.07) is 5.22. The van der Waals surface area contributed by atoms with Gasteiger partial charge in [0.1, 0.15) is 13.2 Å². The zero-order valence-electron chi connectivity index (χ0n) is 5.91. The van der Waals surface area contributed by atoms with Crippen LogP contribution < -0.4 is 9.47 Å². The first kappa shape index (κ1) is 6.34. The zero-order chi connectivity index (χ0) is 7.68. The third-order valence-corrected chi connectivity index (χ3v) is 1.56. The maximum absolute atomic E-state index is 9.38. The number of benzene rings is 1. The van der Waals surface area contributed by atoms with E-state index in [0.717, 1.165) is 0 Å². The standard InChI is InChI=1S/C8H8O3/c9-8-6-2-1-3-7(8)11-5-4-10-6/h1-3,9H,4-5H2. The zero-order valence-corrected chi connectivity index (χ0v) is 5.91. The van der Waals surface area contributed by atoms with Crippen LogP contribution in [0.5, 0.6) is 17.2 Å². The van der Waals surface area contributed by atoms with Crippen LogP contribution in [0.15, 0.2) is 18.2 Å². The fourth-order valence-electron chi connectivity index (χ4n) is 1.04. The smallest absolute Gasteiger partial charge is 0.200 e. The summed E-state index contributed by atoms with van der Waals surface area (Å²) in [6.07, 6.45) is 0. The Hall–Kier alpha value is -1.38. The van der Waals surface area contributed by atoms with Gasteiger partial charge >= 0.3 is 0 Å². The summed E-state index contributed by atoms with van der Waals surface area (Å²) >= 11 is 0. The molecule has 0 aliphatic carbocycles. The number of aromatic hydroxyl groups is 1. The van der Waals surface area contributed by atoms with Gasteiger partial charge in [0.25, 0.3) is 0 Å². The fraction of sp³-hybridized carbons (Fsp3) is 0.250. The average molecular weight is 152 g/mol. The largest absolute Gasteiger partial charge is 0.502 e. The monoisotopic (exact) mass is 152 g/mol. The highest BCUT2D eigenvalue weighted by Gasteiger charge is 2.12. The number of hydrogen-bond donors (Lipinski definition) is 1. The first-order valence-corrected chi connectivity index (χ1v) is 3.45. The van der Waals surface area contributed by atoms with Gasteiger partial charge in [-0.1, -0.05) is 6.07 Å². The molecule has 2 rings (SSSR count). The SMILES string of the molecule is Oc1c2cccc1OCCO2. The van der Waals surface area contributed by atoms with Gasteiger partial charge in [0.05, 0.1) is 0 Å². The van der Waals surface area contributed by atoms with Gasteiger partial charge in [0.15, 0.2) is 11.5 Å². The van der Waals surface area contributed by atoms with Gasteiger partial charge in [-0.25, -0.2) is 0 Å².